The van der Waals surface area contributed by atoms with Gasteiger partial charge in [0, 0.05) is 11.5 Å². The number of imidazole rings is 1. The quantitative estimate of drug-likeness (QED) is 0.798. The molecule has 0 aliphatic heterocycles. The lowest BCUT2D eigenvalue weighted by molar-refractivity contribution is 0.619. The van der Waals surface area contributed by atoms with Crippen LogP contribution in [-0.2, 0) is 0 Å². The average molecular weight is 246 g/mol. The third-order valence-corrected chi connectivity index (χ3v) is 3.35. The number of hydrogen-bond acceptors (Lipinski definition) is 3. The summed E-state index contributed by atoms with van der Waals surface area (Å²) in [7, 11) is 0. The summed E-state index contributed by atoms with van der Waals surface area (Å²) in [5.41, 5.74) is 7.99. The lowest BCUT2D eigenvalue weighted by atomic mass is 10.1. The minimum atomic E-state index is -0.230. The lowest BCUT2D eigenvalue weighted by Gasteiger charge is -2.02. The third-order valence-electron chi connectivity index (χ3n) is 3.35. The zero-order valence-corrected chi connectivity index (χ0v) is 10.2. The molecule has 4 nitrogen and oxygen atoms in total. The first-order valence-corrected chi connectivity index (χ1v) is 5.97. The van der Waals surface area contributed by atoms with Crippen LogP contribution in [0, 0.1) is 12.7 Å². The minimum absolute atomic E-state index is 0.230. The first-order valence-electron chi connectivity index (χ1n) is 5.97. The first-order chi connectivity index (χ1) is 8.58. The number of nitrogens with two attached hydrogens (primary N) is 2. The number of anilines is 1. The second-order valence-corrected chi connectivity index (χ2v) is 4.81. The zero-order chi connectivity index (χ0) is 12.9. The van der Waals surface area contributed by atoms with Crippen LogP contribution in [0.25, 0.3) is 11.3 Å². The van der Waals surface area contributed by atoms with E-state index >= 15 is 0 Å². The molecule has 0 saturated heterocycles. The fraction of sp³-hybridized carbons (Fsp3) is 0.308. The van der Waals surface area contributed by atoms with Gasteiger partial charge in [0.05, 0.1) is 0 Å². The number of nitrogens with zero attached hydrogens (tertiary/aromatic N) is 2. The van der Waals surface area contributed by atoms with Crippen LogP contribution in [0.1, 0.15) is 30.1 Å². The monoisotopic (exact) mass is 246 g/mol. The van der Waals surface area contributed by atoms with Crippen LogP contribution in [0.5, 0.6) is 0 Å². The van der Waals surface area contributed by atoms with Gasteiger partial charge in [-0.1, -0.05) is 0 Å². The van der Waals surface area contributed by atoms with Crippen molar-refractivity contribution >= 4 is 5.82 Å². The highest BCUT2D eigenvalue weighted by atomic mass is 19.1. The molecule has 1 saturated carbocycles. The molecular weight excluding hydrogens is 231 g/mol. The van der Waals surface area contributed by atoms with E-state index in [-0.39, 0.29) is 5.82 Å². The maximum absolute atomic E-state index is 13.3. The summed E-state index contributed by atoms with van der Waals surface area (Å²) in [6.45, 7) is 1.72. The zero-order valence-electron chi connectivity index (χ0n) is 10.2. The van der Waals surface area contributed by atoms with Crippen molar-refractivity contribution in [3.8, 4) is 11.3 Å². The van der Waals surface area contributed by atoms with E-state index in [2.05, 4.69) is 4.98 Å². The van der Waals surface area contributed by atoms with Crippen LogP contribution >= 0.6 is 0 Å². The molecule has 5 heteroatoms. The maximum atomic E-state index is 13.3. The lowest BCUT2D eigenvalue weighted by Crippen LogP contribution is -2.14. The summed E-state index contributed by atoms with van der Waals surface area (Å²) >= 11 is 0. The second kappa shape index (κ2) is 3.73. The highest BCUT2D eigenvalue weighted by molar-refractivity contribution is 5.71. The Morgan fingerprint density at radius 2 is 2.11 bits per heavy atom. The summed E-state index contributed by atoms with van der Waals surface area (Å²) < 4.78 is 14.7. The van der Waals surface area contributed by atoms with E-state index in [0.29, 0.717) is 23.0 Å². The predicted octanol–water partition coefficient (Wildman–Crippen LogP) is 2.17. The Balaban J connectivity index is 2.10. The van der Waals surface area contributed by atoms with Crippen molar-refractivity contribution in [3.05, 3.63) is 35.4 Å². The van der Waals surface area contributed by atoms with Gasteiger partial charge in [-0.2, -0.15) is 0 Å². The molecule has 2 aromatic rings. The van der Waals surface area contributed by atoms with Crippen molar-refractivity contribution < 1.29 is 4.39 Å². The van der Waals surface area contributed by atoms with Gasteiger partial charge in [-0.25, -0.2) is 14.1 Å². The van der Waals surface area contributed by atoms with E-state index in [1.165, 1.54) is 10.7 Å². The molecule has 1 fully saturated rings. The van der Waals surface area contributed by atoms with Crippen molar-refractivity contribution in [2.45, 2.75) is 25.7 Å². The highest BCUT2D eigenvalue weighted by Crippen LogP contribution is 2.41. The van der Waals surface area contributed by atoms with Crippen LogP contribution in [0.3, 0.4) is 0 Å². The van der Waals surface area contributed by atoms with E-state index in [9.17, 15) is 4.39 Å². The molecule has 94 valence electrons. The van der Waals surface area contributed by atoms with Gasteiger partial charge in [0.1, 0.15) is 17.3 Å². The van der Waals surface area contributed by atoms with Gasteiger partial charge in [0.25, 0.3) is 0 Å². The topological polar surface area (TPSA) is 69.9 Å². The molecule has 0 spiro atoms. The van der Waals surface area contributed by atoms with Gasteiger partial charge in [-0.3, -0.25) is 0 Å². The Kier molecular flexibility index (Phi) is 2.29. The molecule has 4 N–H and O–H groups in total. The summed E-state index contributed by atoms with van der Waals surface area (Å²) in [4.78, 5) is 4.50. The third kappa shape index (κ3) is 1.63. The summed E-state index contributed by atoms with van der Waals surface area (Å²) in [6, 6.07) is 4.85. The van der Waals surface area contributed by atoms with Crippen LogP contribution in [0.4, 0.5) is 10.2 Å². The minimum Gasteiger partial charge on any atom is -0.382 e. The summed E-state index contributed by atoms with van der Waals surface area (Å²) in [5, 5.41) is 0. The van der Waals surface area contributed by atoms with Gasteiger partial charge in [0.15, 0.2) is 5.82 Å². The number of rotatable bonds is 2. The highest BCUT2D eigenvalue weighted by Gasteiger charge is 2.30. The largest absolute Gasteiger partial charge is 0.382 e. The first kappa shape index (κ1) is 11.1. The molecule has 0 bridgehead atoms. The molecule has 0 atom stereocenters. The Morgan fingerprint density at radius 1 is 1.39 bits per heavy atom. The maximum Gasteiger partial charge on any atom is 0.150 e. The number of nitrogen functional groups attached to an aromatic ring is 2. The number of hydrogen-bond donors (Lipinski definition) is 2. The van der Waals surface area contributed by atoms with Crippen LogP contribution in [0.15, 0.2) is 18.2 Å². The van der Waals surface area contributed by atoms with E-state index in [0.717, 1.165) is 24.2 Å². The van der Waals surface area contributed by atoms with Crippen LogP contribution in [0.2, 0.25) is 0 Å². The Hall–Kier alpha value is -2.04. The van der Waals surface area contributed by atoms with E-state index < -0.39 is 0 Å². The van der Waals surface area contributed by atoms with Gasteiger partial charge < -0.3 is 11.6 Å². The van der Waals surface area contributed by atoms with E-state index in [4.69, 9.17) is 11.6 Å². The number of aryl methyl sites for hydroxylation is 1. The molecule has 3 rings (SSSR count). The molecule has 18 heavy (non-hydrogen) atoms. The Bertz CT molecular complexity index is 614. The van der Waals surface area contributed by atoms with Gasteiger partial charge in [0.2, 0.25) is 0 Å². The Morgan fingerprint density at radius 3 is 2.72 bits per heavy atom. The molecule has 1 aliphatic rings. The van der Waals surface area contributed by atoms with Crippen LogP contribution < -0.4 is 11.6 Å². The molecule has 1 aliphatic carbocycles. The van der Waals surface area contributed by atoms with Crippen LogP contribution in [-0.4, -0.2) is 9.66 Å². The summed E-state index contributed by atoms with van der Waals surface area (Å²) in [5.74, 6) is 7.36. The van der Waals surface area contributed by atoms with Gasteiger partial charge >= 0.3 is 0 Å². The van der Waals surface area contributed by atoms with E-state index in [1.54, 1.807) is 19.1 Å². The van der Waals surface area contributed by atoms with Crippen molar-refractivity contribution in [2.75, 3.05) is 11.6 Å². The smallest absolute Gasteiger partial charge is 0.150 e. The van der Waals surface area contributed by atoms with Gasteiger partial charge in [-0.05, 0) is 43.5 Å². The number of benzene rings is 1. The van der Waals surface area contributed by atoms with Crippen molar-refractivity contribution in [2.24, 2.45) is 0 Å². The Labute approximate surface area is 104 Å². The van der Waals surface area contributed by atoms with Gasteiger partial charge in [-0.15, -0.1) is 0 Å². The second-order valence-electron chi connectivity index (χ2n) is 4.81. The molecule has 1 aromatic carbocycles. The normalized spacial score (nSPS) is 15.0. The summed E-state index contributed by atoms with van der Waals surface area (Å²) in [6.07, 6.45) is 2.21. The molecule has 0 amide bonds. The fourth-order valence-corrected chi connectivity index (χ4v) is 2.10. The number of halogens is 1. The molecule has 1 aromatic heterocycles. The molecule has 0 unspecified atom stereocenters. The van der Waals surface area contributed by atoms with Crippen molar-refractivity contribution in [1.82, 2.24) is 9.66 Å². The number of aromatic nitrogens is 2. The molecular formula is C13H15FN4. The fourth-order valence-electron chi connectivity index (χ4n) is 2.10. The SMILES string of the molecule is Cc1cc(-c2nc(C3CC3)n(N)c2N)ccc1F. The van der Waals surface area contributed by atoms with Crippen molar-refractivity contribution in [1.29, 1.82) is 0 Å². The standard InChI is InChI=1S/C13H15FN4/c1-7-6-9(4-5-10(7)14)11-12(15)18(16)13(17-11)8-2-3-8/h4-6,8H,2-3,15-16H2,1H3. The van der Waals surface area contributed by atoms with Crippen molar-refractivity contribution in [3.63, 3.8) is 0 Å². The molecule has 1 heterocycles. The average Bonchev–Trinajstić information content (AvgIpc) is 3.13. The van der Waals surface area contributed by atoms with E-state index in [1.807, 2.05) is 0 Å². The molecule has 0 radical (unpaired) electrons. The predicted molar refractivity (Wildman–Crippen MR) is 68.9 cm³/mol.